The molecule has 0 saturated carbocycles. The molecule has 0 fully saturated rings. The second-order valence-corrected chi connectivity index (χ2v) is 5.04. The maximum atomic E-state index is 13.8. The number of halogens is 2. The quantitative estimate of drug-likeness (QED) is 0.922. The Labute approximate surface area is 123 Å². The largest absolute Gasteiger partial charge is 0.306 e. The molecule has 0 aliphatic rings. The second kappa shape index (κ2) is 6.47. The van der Waals surface area contributed by atoms with E-state index in [0.29, 0.717) is 0 Å². The molecule has 0 aromatic heterocycles. The summed E-state index contributed by atoms with van der Waals surface area (Å²) in [5.41, 5.74) is 2.15. The van der Waals surface area contributed by atoms with Crippen LogP contribution in [0.3, 0.4) is 0 Å². The first-order valence-corrected chi connectivity index (χ1v) is 6.69. The number of nitriles is 1. The summed E-state index contributed by atoms with van der Waals surface area (Å²) in [6, 6.07) is 11.8. The number of nitrogens with one attached hydrogen (secondary N) is 1. The molecule has 4 heteroatoms. The van der Waals surface area contributed by atoms with Gasteiger partial charge in [0.05, 0.1) is 11.6 Å². The van der Waals surface area contributed by atoms with Crippen molar-refractivity contribution in [2.24, 2.45) is 0 Å². The highest BCUT2D eigenvalue weighted by molar-refractivity contribution is 5.34. The van der Waals surface area contributed by atoms with Crippen molar-refractivity contribution in [2.75, 3.05) is 0 Å². The number of hydrogen-bond donors (Lipinski definition) is 1. The molecule has 0 aliphatic carbocycles. The Morgan fingerprint density at radius 3 is 2.24 bits per heavy atom. The summed E-state index contributed by atoms with van der Waals surface area (Å²) in [5, 5.41) is 11.8. The van der Waals surface area contributed by atoms with Crippen molar-refractivity contribution >= 4 is 0 Å². The molecule has 0 saturated heterocycles. The van der Waals surface area contributed by atoms with Crippen molar-refractivity contribution in [2.45, 2.75) is 26.4 Å². The third kappa shape index (κ3) is 3.65. The summed E-state index contributed by atoms with van der Waals surface area (Å²) in [7, 11) is 0. The predicted molar refractivity (Wildman–Crippen MR) is 77.5 cm³/mol. The van der Waals surface area contributed by atoms with Gasteiger partial charge in [0, 0.05) is 18.2 Å². The molecular formula is C17H16F2N2. The van der Waals surface area contributed by atoms with Gasteiger partial charge in [-0.2, -0.15) is 5.26 Å². The van der Waals surface area contributed by atoms with E-state index in [1.165, 1.54) is 0 Å². The Balaban J connectivity index is 2.10. The first kappa shape index (κ1) is 15.1. The number of nitrogens with zero attached hydrogens (tertiary/aromatic N) is 1. The Morgan fingerprint density at radius 2 is 1.71 bits per heavy atom. The van der Waals surface area contributed by atoms with E-state index >= 15 is 0 Å². The summed E-state index contributed by atoms with van der Waals surface area (Å²) in [6.45, 7) is 4.01. The highest BCUT2D eigenvalue weighted by atomic mass is 19.1. The molecule has 2 nitrogen and oxygen atoms in total. The topological polar surface area (TPSA) is 35.8 Å². The SMILES string of the molecule is Cc1ccc([C@H](C)NCc2c(F)cc(C#N)cc2F)cc1. The van der Waals surface area contributed by atoms with Gasteiger partial charge in [-0.05, 0) is 31.5 Å². The van der Waals surface area contributed by atoms with Crippen molar-refractivity contribution < 1.29 is 8.78 Å². The zero-order valence-electron chi connectivity index (χ0n) is 12.0. The first-order valence-electron chi connectivity index (χ1n) is 6.69. The molecule has 0 amide bonds. The van der Waals surface area contributed by atoms with Gasteiger partial charge in [0.25, 0.3) is 0 Å². The van der Waals surface area contributed by atoms with E-state index in [0.717, 1.165) is 23.3 Å². The van der Waals surface area contributed by atoms with Gasteiger partial charge < -0.3 is 5.32 Å². The van der Waals surface area contributed by atoms with Gasteiger partial charge in [-0.3, -0.25) is 0 Å². The molecule has 0 radical (unpaired) electrons. The van der Waals surface area contributed by atoms with Crippen LogP contribution in [0.2, 0.25) is 0 Å². The van der Waals surface area contributed by atoms with Crippen LogP contribution in [0.1, 0.15) is 35.2 Å². The fourth-order valence-electron chi connectivity index (χ4n) is 2.06. The van der Waals surface area contributed by atoms with Crippen LogP contribution in [-0.4, -0.2) is 0 Å². The number of benzene rings is 2. The lowest BCUT2D eigenvalue weighted by Crippen LogP contribution is -2.19. The van der Waals surface area contributed by atoms with Crippen molar-refractivity contribution in [1.82, 2.24) is 5.32 Å². The van der Waals surface area contributed by atoms with Crippen molar-refractivity contribution in [3.63, 3.8) is 0 Å². The van der Waals surface area contributed by atoms with Gasteiger partial charge in [-0.25, -0.2) is 8.78 Å². The normalized spacial score (nSPS) is 12.0. The van der Waals surface area contributed by atoms with Crippen LogP contribution < -0.4 is 5.32 Å². The van der Waals surface area contributed by atoms with Gasteiger partial charge in [-0.1, -0.05) is 29.8 Å². The number of aryl methyl sites for hydroxylation is 1. The molecule has 0 heterocycles. The van der Waals surface area contributed by atoms with E-state index in [1.54, 1.807) is 6.07 Å². The van der Waals surface area contributed by atoms with Crippen LogP contribution in [0.15, 0.2) is 36.4 Å². The standard InChI is InChI=1S/C17H16F2N2/c1-11-3-5-14(6-4-11)12(2)21-10-15-16(18)7-13(9-20)8-17(15)19/h3-8,12,21H,10H2,1-2H3/t12-/m0/s1. The van der Waals surface area contributed by atoms with E-state index in [1.807, 2.05) is 38.1 Å². The Bertz CT molecular complexity index is 649. The van der Waals surface area contributed by atoms with Crippen LogP contribution in [-0.2, 0) is 6.54 Å². The third-order valence-corrected chi connectivity index (χ3v) is 3.43. The average Bonchev–Trinajstić information content (AvgIpc) is 2.46. The summed E-state index contributed by atoms with van der Waals surface area (Å²) in [4.78, 5) is 0. The number of rotatable bonds is 4. The zero-order valence-corrected chi connectivity index (χ0v) is 12.0. The van der Waals surface area contributed by atoms with E-state index in [-0.39, 0.29) is 23.7 Å². The minimum atomic E-state index is -0.699. The van der Waals surface area contributed by atoms with Crippen molar-refractivity contribution in [1.29, 1.82) is 5.26 Å². The van der Waals surface area contributed by atoms with Crippen LogP contribution in [0, 0.1) is 29.9 Å². The molecule has 2 rings (SSSR count). The molecule has 108 valence electrons. The highest BCUT2D eigenvalue weighted by Crippen LogP contribution is 2.18. The summed E-state index contributed by atoms with van der Waals surface area (Å²) in [5.74, 6) is -1.40. The lowest BCUT2D eigenvalue weighted by molar-refractivity contribution is 0.508. The van der Waals surface area contributed by atoms with E-state index in [9.17, 15) is 8.78 Å². The van der Waals surface area contributed by atoms with Crippen LogP contribution in [0.4, 0.5) is 8.78 Å². The minimum absolute atomic E-state index is 0.0136. The summed E-state index contributed by atoms with van der Waals surface area (Å²) >= 11 is 0. The Hall–Kier alpha value is -2.25. The van der Waals surface area contributed by atoms with Crippen molar-refractivity contribution in [3.05, 3.63) is 70.3 Å². The van der Waals surface area contributed by atoms with E-state index in [2.05, 4.69) is 5.32 Å². The van der Waals surface area contributed by atoms with Gasteiger partial charge in [0.2, 0.25) is 0 Å². The van der Waals surface area contributed by atoms with E-state index in [4.69, 9.17) is 5.26 Å². The molecule has 2 aromatic carbocycles. The monoisotopic (exact) mass is 286 g/mol. The average molecular weight is 286 g/mol. The molecule has 1 atom stereocenters. The van der Waals surface area contributed by atoms with Crippen LogP contribution in [0.25, 0.3) is 0 Å². The van der Waals surface area contributed by atoms with Gasteiger partial charge >= 0.3 is 0 Å². The van der Waals surface area contributed by atoms with Crippen LogP contribution in [0.5, 0.6) is 0 Å². The molecule has 2 aromatic rings. The molecule has 21 heavy (non-hydrogen) atoms. The third-order valence-electron chi connectivity index (χ3n) is 3.43. The maximum absolute atomic E-state index is 13.8. The summed E-state index contributed by atoms with van der Waals surface area (Å²) in [6.07, 6.45) is 0. The molecule has 0 bridgehead atoms. The molecule has 0 spiro atoms. The summed E-state index contributed by atoms with van der Waals surface area (Å²) < 4.78 is 27.5. The Kier molecular flexibility index (Phi) is 4.66. The van der Waals surface area contributed by atoms with Gasteiger partial charge in [0.15, 0.2) is 0 Å². The fourth-order valence-corrected chi connectivity index (χ4v) is 2.06. The van der Waals surface area contributed by atoms with E-state index < -0.39 is 11.6 Å². The van der Waals surface area contributed by atoms with Crippen molar-refractivity contribution in [3.8, 4) is 6.07 Å². The molecule has 1 N–H and O–H groups in total. The lowest BCUT2D eigenvalue weighted by atomic mass is 10.1. The minimum Gasteiger partial charge on any atom is -0.306 e. The fraction of sp³-hybridized carbons (Fsp3) is 0.235. The Morgan fingerprint density at radius 1 is 1.14 bits per heavy atom. The maximum Gasteiger partial charge on any atom is 0.131 e. The van der Waals surface area contributed by atoms with Gasteiger partial charge in [0.1, 0.15) is 11.6 Å². The second-order valence-electron chi connectivity index (χ2n) is 5.04. The first-order chi connectivity index (χ1) is 10.0. The highest BCUT2D eigenvalue weighted by Gasteiger charge is 2.13. The van der Waals surface area contributed by atoms with Gasteiger partial charge in [-0.15, -0.1) is 0 Å². The smallest absolute Gasteiger partial charge is 0.131 e. The zero-order chi connectivity index (χ0) is 15.4. The molecular weight excluding hydrogens is 270 g/mol. The lowest BCUT2D eigenvalue weighted by Gasteiger charge is -2.15. The predicted octanol–water partition coefficient (Wildman–Crippen LogP) is 4.00. The molecule has 0 aliphatic heterocycles. The van der Waals surface area contributed by atoms with Crippen LogP contribution >= 0.6 is 0 Å². The molecule has 0 unspecified atom stereocenters. The number of hydrogen-bond acceptors (Lipinski definition) is 2.